The number of anilines is 1. The van der Waals surface area contributed by atoms with Gasteiger partial charge in [0.1, 0.15) is 18.0 Å². The normalized spacial score (nSPS) is 14.1. The highest BCUT2D eigenvalue weighted by molar-refractivity contribution is 6.31. The summed E-state index contributed by atoms with van der Waals surface area (Å²) >= 11 is 5.75. The van der Waals surface area contributed by atoms with Crippen molar-refractivity contribution in [3.05, 3.63) is 29.3 Å². The summed E-state index contributed by atoms with van der Waals surface area (Å²) in [7, 11) is 0. The van der Waals surface area contributed by atoms with Crippen LogP contribution >= 0.6 is 11.6 Å². The maximum absolute atomic E-state index is 13.6. The summed E-state index contributed by atoms with van der Waals surface area (Å²) in [6.45, 7) is 0.578. The van der Waals surface area contributed by atoms with Gasteiger partial charge in [-0.25, -0.2) is 14.4 Å². The Bertz CT molecular complexity index is 705. The van der Waals surface area contributed by atoms with Crippen LogP contribution in [-0.2, 0) is 4.79 Å². The van der Waals surface area contributed by atoms with Gasteiger partial charge in [-0.3, -0.25) is 4.79 Å². The zero-order chi connectivity index (χ0) is 15.5. The van der Waals surface area contributed by atoms with E-state index in [9.17, 15) is 9.18 Å². The van der Waals surface area contributed by atoms with Gasteiger partial charge < -0.3 is 10.6 Å². The molecule has 0 bridgehead atoms. The summed E-state index contributed by atoms with van der Waals surface area (Å²) in [5, 5.41) is 6.67. The molecule has 1 aliphatic rings. The van der Waals surface area contributed by atoms with E-state index in [1.54, 1.807) is 0 Å². The highest BCUT2D eigenvalue weighted by Gasteiger charge is 2.22. The maximum atomic E-state index is 13.6. The lowest BCUT2D eigenvalue weighted by molar-refractivity contribution is -0.121. The molecule has 0 unspecified atom stereocenters. The number of hydrogen-bond donors (Lipinski definition) is 2. The van der Waals surface area contributed by atoms with Crippen molar-refractivity contribution in [1.82, 2.24) is 15.3 Å². The summed E-state index contributed by atoms with van der Waals surface area (Å²) in [5.41, 5.74) is 0.579. The monoisotopic (exact) mass is 322 g/mol. The van der Waals surface area contributed by atoms with Crippen molar-refractivity contribution in [3.8, 4) is 0 Å². The minimum absolute atomic E-state index is 0.0360. The van der Waals surface area contributed by atoms with E-state index >= 15 is 0 Å². The Morgan fingerprint density at radius 3 is 2.95 bits per heavy atom. The highest BCUT2D eigenvalue weighted by atomic mass is 35.5. The van der Waals surface area contributed by atoms with Gasteiger partial charge in [-0.15, -0.1) is 0 Å². The van der Waals surface area contributed by atoms with Crippen molar-refractivity contribution in [2.45, 2.75) is 31.7 Å². The quantitative estimate of drug-likeness (QED) is 0.803. The second kappa shape index (κ2) is 6.44. The predicted octanol–water partition coefficient (Wildman–Crippen LogP) is 2.89. The molecule has 1 saturated carbocycles. The van der Waals surface area contributed by atoms with Gasteiger partial charge in [0.15, 0.2) is 0 Å². The average Bonchev–Trinajstić information content (AvgIpc) is 3.29. The molecular weight excluding hydrogens is 307 g/mol. The zero-order valence-corrected chi connectivity index (χ0v) is 12.7. The first-order valence-electron chi connectivity index (χ1n) is 7.26. The highest BCUT2D eigenvalue weighted by Crippen LogP contribution is 2.25. The van der Waals surface area contributed by atoms with E-state index in [0.29, 0.717) is 42.1 Å². The van der Waals surface area contributed by atoms with Crippen LogP contribution in [0.2, 0.25) is 5.02 Å². The Kier molecular flexibility index (Phi) is 4.38. The van der Waals surface area contributed by atoms with E-state index < -0.39 is 5.82 Å². The molecule has 0 spiro atoms. The molecule has 0 aliphatic heterocycles. The van der Waals surface area contributed by atoms with Crippen molar-refractivity contribution in [2.24, 2.45) is 0 Å². The standard InChI is InChI=1S/C15H16ClFN4O/c16-11-7-13-10(6-12(11)17)15(20-8-19-13)18-5-1-2-14(22)21-9-3-4-9/h6-9H,1-5H2,(H,21,22)(H,18,19,20). The topological polar surface area (TPSA) is 66.9 Å². The van der Waals surface area contributed by atoms with Crippen molar-refractivity contribution in [3.63, 3.8) is 0 Å². The zero-order valence-electron chi connectivity index (χ0n) is 11.9. The van der Waals surface area contributed by atoms with E-state index in [0.717, 1.165) is 12.8 Å². The van der Waals surface area contributed by atoms with Gasteiger partial charge in [0.2, 0.25) is 5.91 Å². The van der Waals surface area contributed by atoms with Crippen LogP contribution in [0, 0.1) is 5.82 Å². The van der Waals surface area contributed by atoms with Crippen molar-refractivity contribution < 1.29 is 9.18 Å². The predicted molar refractivity (Wildman–Crippen MR) is 83.4 cm³/mol. The van der Waals surface area contributed by atoms with Crippen molar-refractivity contribution in [1.29, 1.82) is 0 Å². The molecule has 1 amide bonds. The third kappa shape index (κ3) is 3.62. The Morgan fingerprint density at radius 1 is 1.36 bits per heavy atom. The van der Waals surface area contributed by atoms with Gasteiger partial charge in [0.25, 0.3) is 0 Å². The van der Waals surface area contributed by atoms with Gasteiger partial charge in [0, 0.05) is 24.4 Å². The molecule has 22 heavy (non-hydrogen) atoms. The molecule has 0 saturated heterocycles. The van der Waals surface area contributed by atoms with Crippen LogP contribution in [0.4, 0.5) is 10.2 Å². The Labute approximate surface area is 132 Å². The molecule has 3 rings (SSSR count). The van der Waals surface area contributed by atoms with E-state index in [-0.39, 0.29) is 10.9 Å². The molecule has 2 aromatic rings. The minimum atomic E-state index is -0.504. The molecule has 116 valence electrons. The van der Waals surface area contributed by atoms with Crippen LogP contribution in [0.15, 0.2) is 18.5 Å². The number of carbonyl (C=O) groups is 1. The lowest BCUT2D eigenvalue weighted by atomic mass is 10.2. The Morgan fingerprint density at radius 2 is 2.18 bits per heavy atom. The third-order valence-corrected chi connectivity index (χ3v) is 3.78. The average molecular weight is 323 g/mol. The smallest absolute Gasteiger partial charge is 0.220 e. The van der Waals surface area contributed by atoms with E-state index in [1.165, 1.54) is 18.5 Å². The van der Waals surface area contributed by atoms with E-state index in [1.807, 2.05) is 0 Å². The second-order valence-corrected chi connectivity index (χ2v) is 5.79. The van der Waals surface area contributed by atoms with Gasteiger partial charge in [0.05, 0.1) is 10.5 Å². The first-order chi connectivity index (χ1) is 10.6. The third-order valence-electron chi connectivity index (χ3n) is 3.49. The molecule has 0 radical (unpaired) electrons. The molecule has 1 aromatic heterocycles. The Balaban J connectivity index is 1.58. The van der Waals surface area contributed by atoms with Crippen LogP contribution in [0.25, 0.3) is 10.9 Å². The van der Waals surface area contributed by atoms with Crippen molar-refractivity contribution >= 4 is 34.2 Å². The molecule has 1 aromatic carbocycles. The number of halogens is 2. The number of nitrogens with zero attached hydrogens (tertiary/aromatic N) is 2. The largest absolute Gasteiger partial charge is 0.369 e. The van der Waals surface area contributed by atoms with Crippen LogP contribution in [0.1, 0.15) is 25.7 Å². The molecule has 0 atom stereocenters. The van der Waals surface area contributed by atoms with Gasteiger partial charge in [-0.1, -0.05) is 11.6 Å². The number of fused-ring (bicyclic) bond motifs is 1. The summed E-state index contributed by atoms with van der Waals surface area (Å²) in [4.78, 5) is 19.8. The fourth-order valence-electron chi connectivity index (χ4n) is 2.18. The van der Waals surface area contributed by atoms with Gasteiger partial charge >= 0.3 is 0 Å². The molecule has 2 N–H and O–H groups in total. The summed E-state index contributed by atoms with van der Waals surface area (Å²) in [6, 6.07) is 3.18. The minimum Gasteiger partial charge on any atom is -0.369 e. The van der Waals surface area contributed by atoms with E-state index in [4.69, 9.17) is 11.6 Å². The SMILES string of the molecule is O=C(CCCNc1ncnc2cc(Cl)c(F)cc12)NC1CC1. The lowest BCUT2D eigenvalue weighted by Crippen LogP contribution is -2.25. The number of carbonyl (C=O) groups excluding carboxylic acids is 1. The van der Waals surface area contributed by atoms with Crippen LogP contribution < -0.4 is 10.6 Å². The first-order valence-corrected chi connectivity index (χ1v) is 7.64. The van der Waals surface area contributed by atoms with Crippen molar-refractivity contribution in [2.75, 3.05) is 11.9 Å². The number of hydrogen-bond acceptors (Lipinski definition) is 4. The number of benzene rings is 1. The summed E-state index contributed by atoms with van der Waals surface area (Å²) in [5.74, 6) is 0.119. The van der Waals surface area contributed by atoms with Gasteiger partial charge in [-0.2, -0.15) is 0 Å². The summed E-state index contributed by atoms with van der Waals surface area (Å²) < 4.78 is 13.6. The van der Waals surface area contributed by atoms with Crippen LogP contribution in [-0.4, -0.2) is 28.5 Å². The molecule has 7 heteroatoms. The van der Waals surface area contributed by atoms with Gasteiger partial charge in [-0.05, 0) is 31.4 Å². The fraction of sp³-hybridized carbons (Fsp3) is 0.400. The number of rotatable bonds is 6. The fourth-order valence-corrected chi connectivity index (χ4v) is 2.33. The Hall–Kier alpha value is -1.95. The molecule has 1 aliphatic carbocycles. The number of nitrogens with one attached hydrogen (secondary N) is 2. The number of amides is 1. The lowest BCUT2D eigenvalue weighted by Gasteiger charge is -2.09. The molecule has 1 heterocycles. The molecule has 5 nitrogen and oxygen atoms in total. The molecular formula is C15H16ClFN4O. The second-order valence-electron chi connectivity index (χ2n) is 5.38. The van der Waals surface area contributed by atoms with Crippen LogP contribution in [0.5, 0.6) is 0 Å². The summed E-state index contributed by atoms with van der Waals surface area (Å²) in [6.07, 6.45) is 4.72. The van der Waals surface area contributed by atoms with Crippen LogP contribution in [0.3, 0.4) is 0 Å². The maximum Gasteiger partial charge on any atom is 0.220 e. The number of aromatic nitrogens is 2. The molecule has 1 fully saturated rings. The first kappa shape index (κ1) is 15.0. The van der Waals surface area contributed by atoms with E-state index in [2.05, 4.69) is 20.6 Å².